The fraction of sp³-hybridized carbons (Fsp3) is 0.242. The predicted octanol–water partition coefficient (Wildman–Crippen LogP) is 8.22. The highest BCUT2D eigenvalue weighted by Gasteiger charge is 2.36. The van der Waals surface area contributed by atoms with Gasteiger partial charge in [-0.15, -0.1) is 0 Å². The number of hydrogen-bond donors (Lipinski definition) is 0. The van der Waals surface area contributed by atoms with Crippen LogP contribution in [0.25, 0.3) is 0 Å². The van der Waals surface area contributed by atoms with Crippen LogP contribution in [0.2, 0.25) is 0 Å². The van der Waals surface area contributed by atoms with Gasteiger partial charge in [-0.3, -0.25) is 0 Å². The van der Waals surface area contributed by atoms with Gasteiger partial charge in [-0.25, -0.2) is 4.79 Å². The average molecular weight is 526 g/mol. The van der Waals surface area contributed by atoms with E-state index in [9.17, 15) is 4.79 Å². The molecule has 0 heterocycles. The van der Waals surface area contributed by atoms with Crippen molar-refractivity contribution < 1.29 is 19.0 Å². The molecule has 4 aromatic rings. The Hall–Kier alpha value is -3.70. The zero-order valence-corrected chi connectivity index (χ0v) is 22.5. The highest BCUT2D eigenvalue weighted by molar-refractivity contribution is 7.97. The van der Waals surface area contributed by atoms with Gasteiger partial charge in [0, 0.05) is 0 Å². The van der Waals surface area contributed by atoms with Gasteiger partial charge < -0.3 is 14.2 Å². The van der Waals surface area contributed by atoms with Crippen molar-refractivity contribution in [2.75, 3.05) is 6.61 Å². The van der Waals surface area contributed by atoms with Crippen LogP contribution in [0, 0.1) is 0 Å². The molecule has 5 heteroatoms. The summed E-state index contributed by atoms with van der Waals surface area (Å²) in [6, 6.07) is 36.8. The van der Waals surface area contributed by atoms with Crippen LogP contribution in [0.15, 0.2) is 124 Å². The third-order valence-electron chi connectivity index (χ3n) is 6.92. The largest absolute Gasteiger partial charge is 0.482 e. The molecule has 0 spiro atoms. The van der Waals surface area contributed by atoms with Crippen LogP contribution < -0.4 is 9.47 Å². The van der Waals surface area contributed by atoms with Crippen LogP contribution in [0.1, 0.15) is 39.0 Å². The number of ether oxygens (including phenoxy) is 3. The molecule has 4 nitrogen and oxygen atoms in total. The van der Waals surface area contributed by atoms with Crippen LogP contribution in [0.4, 0.5) is 0 Å². The third kappa shape index (κ3) is 6.40. The number of hydrogen-bond acceptors (Lipinski definition) is 4. The second-order valence-corrected chi connectivity index (χ2v) is 11.5. The first-order chi connectivity index (χ1) is 18.6. The number of rotatable bonds is 10. The molecule has 1 saturated carbocycles. The smallest absolute Gasteiger partial charge is 0.344 e. The van der Waals surface area contributed by atoms with Crippen molar-refractivity contribution in [1.29, 1.82) is 0 Å². The minimum Gasteiger partial charge on any atom is -0.482 e. The van der Waals surface area contributed by atoms with Crippen molar-refractivity contribution in [3.63, 3.8) is 0 Å². The highest BCUT2D eigenvalue weighted by atomic mass is 32.2. The number of carbonyl (C=O) groups excluding carboxylic acids is 1. The molecule has 0 aliphatic heterocycles. The van der Waals surface area contributed by atoms with Crippen LogP contribution in [0.5, 0.6) is 17.2 Å². The van der Waals surface area contributed by atoms with E-state index in [1.807, 2.05) is 48.5 Å². The molecular formula is C33H33O4S+. The Kier molecular flexibility index (Phi) is 8.34. The standard InChI is InChI=1S/C33H33O4S/c1-2-33(23-9-10-24-33)37-32(34)25-35-26-15-17-27(18-16-26)36-28-19-21-31(22-20-28)38(29-11-5-3-6-12-29)30-13-7-4-8-14-30/h3-8,11-22H,2,9-10,23-25H2,1H3/q+1. The molecule has 0 saturated heterocycles. The summed E-state index contributed by atoms with van der Waals surface area (Å²) in [7, 11) is -0.194. The zero-order chi connectivity index (χ0) is 26.2. The fourth-order valence-electron chi connectivity index (χ4n) is 4.87. The van der Waals surface area contributed by atoms with Gasteiger partial charge in [0.05, 0.1) is 10.9 Å². The summed E-state index contributed by atoms with van der Waals surface area (Å²) in [6.07, 6.45) is 4.98. The van der Waals surface area contributed by atoms with Crippen LogP contribution >= 0.6 is 0 Å². The molecule has 0 aromatic heterocycles. The summed E-state index contributed by atoms with van der Waals surface area (Å²) in [5.41, 5.74) is -0.295. The Labute approximate surface area is 227 Å². The fourth-order valence-corrected chi connectivity index (χ4v) is 6.95. The molecule has 4 aromatic carbocycles. The van der Waals surface area contributed by atoms with E-state index in [4.69, 9.17) is 14.2 Å². The number of carbonyl (C=O) groups is 1. The monoisotopic (exact) mass is 525 g/mol. The van der Waals surface area contributed by atoms with Gasteiger partial charge in [0.1, 0.15) is 22.8 Å². The molecule has 5 rings (SSSR count). The van der Waals surface area contributed by atoms with Gasteiger partial charge in [0.15, 0.2) is 21.3 Å². The lowest BCUT2D eigenvalue weighted by atomic mass is 9.99. The van der Waals surface area contributed by atoms with Crippen molar-refractivity contribution in [2.45, 2.75) is 59.3 Å². The van der Waals surface area contributed by atoms with Crippen molar-refractivity contribution in [3.8, 4) is 17.2 Å². The third-order valence-corrected chi connectivity index (χ3v) is 9.15. The normalized spacial score (nSPS) is 14.3. The minimum atomic E-state index is -0.306. The zero-order valence-electron chi connectivity index (χ0n) is 21.7. The van der Waals surface area contributed by atoms with E-state index in [-0.39, 0.29) is 29.1 Å². The maximum atomic E-state index is 12.3. The molecular weight excluding hydrogens is 492 g/mol. The van der Waals surface area contributed by atoms with Gasteiger partial charge in [-0.05, 0) is 105 Å². The summed E-state index contributed by atoms with van der Waals surface area (Å²) >= 11 is 0. The Morgan fingerprint density at radius 1 is 0.684 bits per heavy atom. The molecule has 1 fully saturated rings. The van der Waals surface area contributed by atoms with Crippen LogP contribution in [-0.4, -0.2) is 18.2 Å². The lowest BCUT2D eigenvalue weighted by Gasteiger charge is -2.27. The molecule has 0 unspecified atom stereocenters. The average Bonchev–Trinajstić information content (AvgIpc) is 3.44. The molecule has 0 atom stereocenters. The van der Waals surface area contributed by atoms with E-state index in [2.05, 4.69) is 67.6 Å². The lowest BCUT2D eigenvalue weighted by molar-refractivity contribution is -0.162. The second-order valence-electron chi connectivity index (χ2n) is 9.48. The minimum absolute atomic E-state index is 0.0891. The maximum absolute atomic E-state index is 12.3. The van der Waals surface area contributed by atoms with Gasteiger partial charge in [-0.1, -0.05) is 43.3 Å². The molecule has 194 valence electrons. The molecule has 0 radical (unpaired) electrons. The van der Waals surface area contributed by atoms with Gasteiger partial charge in [-0.2, -0.15) is 0 Å². The topological polar surface area (TPSA) is 44.8 Å². The molecule has 0 N–H and O–H groups in total. The van der Waals surface area contributed by atoms with Crippen molar-refractivity contribution >= 4 is 16.9 Å². The SMILES string of the molecule is CCC1(OC(=O)COc2ccc(Oc3ccc([S+](c4ccccc4)c4ccccc4)cc3)cc2)CCCC1. The van der Waals surface area contributed by atoms with Crippen LogP contribution in [0.3, 0.4) is 0 Å². The second kappa shape index (κ2) is 12.2. The highest BCUT2D eigenvalue weighted by Crippen LogP contribution is 2.36. The molecule has 1 aliphatic rings. The van der Waals surface area contributed by atoms with E-state index in [1.165, 1.54) is 14.7 Å². The maximum Gasteiger partial charge on any atom is 0.344 e. The Morgan fingerprint density at radius 2 is 1.16 bits per heavy atom. The van der Waals surface area contributed by atoms with Gasteiger partial charge >= 0.3 is 5.97 Å². The molecule has 38 heavy (non-hydrogen) atoms. The summed E-state index contributed by atoms with van der Waals surface area (Å²) in [5.74, 6) is 1.77. The molecule has 0 amide bonds. The van der Waals surface area contributed by atoms with E-state index in [0.29, 0.717) is 11.5 Å². The molecule has 1 aliphatic carbocycles. The first-order valence-corrected chi connectivity index (χ1v) is 14.4. The Balaban J connectivity index is 1.20. The predicted molar refractivity (Wildman–Crippen MR) is 151 cm³/mol. The number of benzene rings is 4. The first kappa shape index (κ1) is 25.9. The van der Waals surface area contributed by atoms with Crippen molar-refractivity contribution in [2.24, 2.45) is 0 Å². The first-order valence-electron chi connectivity index (χ1n) is 13.2. The summed E-state index contributed by atoms with van der Waals surface area (Å²) in [6.45, 7) is 1.99. The Morgan fingerprint density at radius 3 is 1.68 bits per heavy atom. The summed E-state index contributed by atoms with van der Waals surface area (Å²) < 4.78 is 17.5. The van der Waals surface area contributed by atoms with Crippen LogP contribution in [-0.2, 0) is 20.4 Å². The Bertz CT molecular complexity index is 1260. The molecule has 0 bridgehead atoms. The van der Waals surface area contributed by atoms with E-state index in [0.717, 1.165) is 37.9 Å². The van der Waals surface area contributed by atoms with Crippen molar-refractivity contribution in [1.82, 2.24) is 0 Å². The summed E-state index contributed by atoms with van der Waals surface area (Å²) in [5, 5.41) is 0. The van der Waals surface area contributed by atoms with E-state index < -0.39 is 0 Å². The lowest BCUT2D eigenvalue weighted by Crippen LogP contribution is -2.33. The van der Waals surface area contributed by atoms with Gasteiger partial charge in [0.2, 0.25) is 0 Å². The number of esters is 1. The quantitative estimate of drug-likeness (QED) is 0.155. The van der Waals surface area contributed by atoms with E-state index in [1.54, 1.807) is 0 Å². The summed E-state index contributed by atoms with van der Waals surface area (Å²) in [4.78, 5) is 16.1. The van der Waals surface area contributed by atoms with Gasteiger partial charge in [0.25, 0.3) is 0 Å². The van der Waals surface area contributed by atoms with E-state index >= 15 is 0 Å². The van der Waals surface area contributed by atoms with Crippen molar-refractivity contribution in [3.05, 3.63) is 109 Å².